The molecule has 106 valence electrons. The van der Waals surface area contributed by atoms with E-state index < -0.39 is 0 Å². The molecular formula is C17H12N4S. The van der Waals surface area contributed by atoms with Crippen molar-refractivity contribution < 1.29 is 0 Å². The minimum Gasteiger partial charge on any atom is -0.264 e. The van der Waals surface area contributed by atoms with Gasteiger partial charge in [-0.3, -0.25) is 9.97 Å². The van der Waals surface area contributed by atoms with Gasteiger partial charge in [-0.25, -0.2) is 4.98 Å². The average Bonchev–Trinajstić information content (AvgIpc) is 3.34. The molecule has 3 aromatic rings. The lowest BCUT2D eigenvalue weighted by Crippen LogP contribution is -1.88. The predicted molar refractivity (Wildman–Crippen MR) is 85.3 cm³/mol. The summed E-state index contributed by atoms with van der Waals surface area (Å²) < 4.78 is 0. The van der Waals surface area contributed by atoms with E-state index in [-0.39, 0.29) is 0 Å². The SMILES string of the molecule is N#Cc1ccnc(-c2sc(-c3cccnc3)nc2C2CC2)c1. The summed E-state index contributed by atoms with van der Waals surface area (Å²) in [4.78, 5) is 14.5. The first kappa shape index (κ1) is 13.1. The van der Waals surface area contributed by atoms with Crippen LogP contribution in [0, 0.1) is 11.3 Å². The predicted octanol–water partition coefficient (Wildman–Crippen LogP) is 4.02. The second kappa shape index (κ2) is 5.32. The largest absolute Gasteiger partial charge is 0.264 e. The Morgan fingerprint density at radius 2 is 2.14 bits per heavy atom. The first-order valence-corrected chi connectivity index (χ1v) is 7.94. The smallest absolute Gasteiger partial charge is 0.125 e. The van der Waals surface area contributed by atoms with E-state index in [1.807, 2.05) is 24.4 Å². The second-order valence-electron chi connectivity index (χ2n) is 5.29. The van der Waals surface area contributed by atoms with Crippen molar-refractivity contribution in [3.05, 3.63) is 54.1 Å². The van der Waals surface area contributed by atoms with Crippen molar-refractivity contribution in [2.75, 3.05) is 0 Å². The van der Waals surface area contributed by atoms with Gasteiger partial charge in [-0.1, -0.05) is 0 Å². The van der Waals surface area contributed by atoms with Gasteiger partial charge in [-0.15, -0.1) is 11.3 Å². The quantitative estimate of drug-likeness (QED) is 0.733. The maximum absolute atomic E-state index is 9.08. The fourth-order valence-electron chi connectivity index (χ4n) is 2.39. The molecule has 1 aliphatic carbocycles. The van der Waals surface area contributed by atoms with Gasteiger partial charge in [-0.05, 0) is 37.1 Å². The zero-order valence-electron chi connectivity index (χ0n) is 11.7. The van der Waals surface area contributed by atoms with Crippen LogP contribution in [-0.4, -0.2) is 15.0 Å². The average molecular weight is 304 g/mol. The summed E-state index contributed by atoms with van der Waals surface area (Å²) in [6.07, 6.45) is 7.65. The molecule has 0 N–H and O–H groups in total. The Kier molecular flexibility index (Phi) is 3.17. The number of rotatable bonds is 3. The fourth-order valence-corrected chi connectivity index (χ4v) is 3.49. The molecule has 4 rings (SSSR count). The van der Waals surface area contributed by atoms with Gasteiger partial charge >= 0.3 is 0 Å². The molecule has 3 aromatic heterocycles. The number of hydrogen-bond acceptors (Lipinski definition) is 5. The molecule has 0 aromatic carbocycles. The zero-order valence-corrected chi connectivity index (χ0v) is 12.5. The van der Waals surface area contributed by atoms with Gasteiger partial charge in [0.25, 0.3) is 0 Å². The molecule has 0 aliphatic heterocycles. The van der Waals surface area contributed by atoms with E-state index in [1.54, 1.807) is 29.8 Å². The Balaban J connectivity index is 1.84. The lowest BCUT2D eigenvalue weighted by atomic mass is 10.1. The van der Waals surface area contributed by atoms with Crippen molar-refractivity contribution in [1.82, 2.24) is 15.0 Å². The summed E-state index contributed by atoms with van der Waals surface area (Å²) in [5.41, 5.74) is 3.61. The van der Waals surface area contributed by atoms with Gasteiger partial charge in [0.05, 0.1) is 27.9 Å². The van der Waals surface area contributed by atoms with Crippen LogP contribution in [0.5, 0.6) is 0 Å². The number of nitriles is 1. The van der Waals surface area contributed by atoms with Gasteiger partial charge < -0.3 is 0 Å². The van der Waals surface area contributed by atoms with Crippen LogP contribution in [0.15, 0.2) is 42.9 Å². The van der Waals surface area contributed by atoms with Crippen molar-refractivity contribution in [2.45, 2.75) is 18.8 Å². The van der Waals surface area contributed by atoms with Crippen LogP contribution in [0.1, 0.15) is 30.0 Å². The number of nitrogens with zero attached hydrogens (tertiary/aromatic N) is 4. The van der Waals surface area contributed by atoms with Crippen LogP contribution in [0.2, 0.25) is 0 Å². The summed E-state index contributed by atoms with van der Waals surface area (Å²) in [5, 5.41) is 10.1. The van der Waals surface area contributed by atoms with Crippen molar-refractivity contribution in [3.63, 3.8) is 0 Å². The first-order chi connectivity index (χ1) is 10.8. The summed E-state index contributed by atoms with van der Waals surface area (Å²) in [5.74, 6) is 0.532. The van der Waals surface area contributed by atoms with Crippen LogP contribution in [0.3, 0.4) is 0 Å². The fraction of sp³-hybridized carbons (Fsp3) is 0.176. The summed E-state index contributed by atoms with van der Waals surface area (Å²) in [7, 11) is 0. The maximum Gasteiger partial charge on any atom is 0.125 e. The van der Waals surface area contributed by atoms with Crippen LogP contribution in [-0.2, 0) is 0 Å². The van der Waals surface area contributed by atoms with E-state index in [2.05, 4.69) is 16.0 Å². The van der Waals surface area contributed by atoms with Crippen molar-refractivity contribution in [2.24, 2.45) is 0 Å². The summed E-state index contributed by atoms with van der Waals surface area (Å²) >= 11 is 1.63. The molecule has 0 amide bonds. The molecule has 1 aliphatic rings. The van der Waals surface area contributed by atoms with E-state index in [4.69, 9.17) is 10.2 Å². The van der Waals surface area contributed by atoms with Crippen molar-refractivity contribution >= 4 is 11.3 Å². The molecule has 0 bridgehead atoms. The van der Waals surface area contributed by atoms with Crippen molar-refractivity contribution in [3.8, 4) is 27.2 Å². The van der Waals surface area contributed by atoms with Crippen LogP contribution < -0.4 is 0 Å². The van der Waals surface area contributed by atoms with E-state index in [0.717, 1.165) is 26.8 Å². The Bertz CT molecular complexity index is 860. The standard InChI is InChI=1S/C17H12N4S/c18-9-11-5-7-20-14(8-11)16-15(12-3-4-12)21-17(22-16)13-2-1-6-19-10-13/h1-2,5-8,10,12H,3-4H2. The molecule has 1 fully saturated rings. The Labute approximate surface area is 132 Å². The number of aromatic nitrogens is 3. The molecule has 0 spiro atoms. The second-order valence-corrected chi connectivity index (χ2v) is 6.29. The highest BCUT2D eigenvalue weighted by Crippen LogP contribution is 2.47. The summed E-state index contributed by atoms with van der Waals surface area (Å²) in [6.45, 7) is 0. The van der Waals surface area contributed by atoms with Crippen molar-refractivity contribution in [1.29, 1.82) is 5.26 Å². The zero-order chi connectivity index (χ0) is 14.9. The normalized spacial score (nSPS) is 13.8. The first-order valence-electron chi connectivity index (χ1n) is 7.13. The highest BCUT2D eigenvalue weighted by molar-refractivity contribution is 7.18. The van der Waals surface area contributed by atoms with Gasteiger partial charge in [-0.2, -0.15) is 5.26 Å². The summed E-state index contributed by atoms with van der Waals surface area (Å²) in [6, 6.07) is 9.68. The monoisotopic (exact) mass is 304 g/mol. The minimum atomic E-state index is 0.532. The third-order valence-corrected chi connectivity index (χ3v) is 4.79. The maximum atomic E-state index is 9.08. The van der Waals surface area contributed by atoms with E-state index in [9.17, 15) is 0 Å². The Hall–Kier alpha value is -2.58. The Morgan fingerprint density at radius 3 is 2.86 bits per heavy atom. The molecule has 0 radical (unpaired) electrons. The number of pyridine rings is 2. The minimum absolute atomic E-state index is 0.532. The topological polar surface area (TPSA) is 62.5 Å². The number of thiazole rings is 1. The molecule has 4 nitrogen and oxygen atoms in total. The van der Waals surface area contributed by atoms with Crippen LogP contribution in [0.25, 0.3) is 21.1 Å². The molecule has 22 heavy (non-hydrogen) atoms. The highest BCUT2D eigenvalue weighted by Gasteiger charge is 2.30. The van der Waals surface area contributed by atoms with Gasteiger partial charge in [0.2, 0.25) is 0 Å². The number of hydrogen-bond donors (Lipinski definition) is 0. The molecular weight excluding hydrogens is 292 g/mol. The molecule has 5 heteroatoms. The third-order valence-electron chi connectivity index (χ3n) is 3.65. The lowest BCUT2D eigenvalue weighted by Gasteiger charge is -2.00. The van der Waals surface area contributed by atoms with Crippen LogP contribution >= 0.6 is 11.3 Å². The molecule has 0 atom stereocenters. The van der Waals surface area contributed by atoms with Crippen LogP contribution in [0.4, 0.5) is 0 Å². The van der Waals surface area contributed by atoms with Gasteiger partial charge in [0.15, 0.2) is 0 Å². The molecule has 0 unspecified atom stereocenters. The Morgan fingerprint density at radius 1 is 1.23 bits per heavy atom. The molecule has 3 heterocycles. The van der Waals surface area contributed by atoms with Gasteiger partial charge in [0, 0.05) is 30.1 Å². The van der Waals surface area contributed by atoms with E-state index in [0.29, 0.717) is 11.5 Å². The molecule has 1 saturated carbocycles. The third kappa shape index (κ3) is 2.38. The lowest BCUT2D eigenvalue weighted by molar-refractivity contribution is 1.05. The van der Waals surface area contributed by atoms with Gasteiger partial charge in [0.1, 0.15) is 5.01 Å². The highest BCUT2D eigenvalue weighted by atomic mass is 32.1. The van der Waals surface area contributed by atoms with E-state index >= 15 is 0 Å². The molecule has 0 saturated heterocycles. The van der Waals surface area contributed by atoms with E-state index in [1.165, 1.54) is 12.8 Å².